The molecule has 0 aromatic rings. The quantitative estimate of drug-likeness (QED) is 0.295. The van der Waals surface area contributed by atoms with Crippen LogP contribution in [0.5, 0.6) is 0 Å². The maximum absolute atomic E-state index is 5.28. The monoisotopic (exact) mass is 219 g/mol. The van der Waals surface area contributed by atoms with Gasteiger partial charge < -0.3 is 0 Å². The van der Waals surface area contributed by atoms with Crippen LogP contribution in [-0.4, -0.2) is 0 Å². The van der Waals surface area contributed by atoms with Gasteiger partial charge in [0.25, 0.3) is 0 Å². The van der Waals surface area contributed by atoms with Crippen molar-refractivity contribution in [2.75, 3.05) is 0 Å². The van der Waals surface area contributed by atoms with Crippen molar-refractivity contribution in [3.63, 3.8) is 0 Å². The first kappa shape index (κ1) is 15.2. The lowest BCUT2D eigenvalue weighted by atomic mass is 10.1. The highest BCUT2D eigenvalue weighted by Crippen LogP contribution is 2.10. The molecule has 0 heteroatoms. The summed E-state index contributed by atoms with van der Waals surface area (Å²) in [5, 5.41) is 0. The lowest BCUT2D eigenvalue weighted by Gasteiger charge is -1.99. The molecule has 0 aliphatic rings. The second-order valence-corrected chi connectivity index (χ2v) is 4.28. The lowest BCUT2D eigenvalue weighted by molar-refractivity contribution is 0.583. The van der Waals surface area contributed by atoms with E-state index < -0.39 is 0 Å². The molecule has 0 bridgehead atoms. The molecule has 0 amide bonds. The second kappa shape index (κ2) is 14.2. The highest BCUT2D eigenvalue weighted by Gasteiger charge is 1.90. The van der Waals surface area contributed by atoms with Gasteiger partial charge in [0.2, 0.25) is 0 Å². The zero-order valence-corrected chi connectivity index (χ0v) is 10.7. The van der Waals surface area contributed by atoms with Crippen LogP contribution in [-0.2, 0) is 0 Å². The molecule has 91 valence electrons. The Kier molecular flexibility index (Phi) is 13.5. The van der Waals surface area contributed by atoms with Crippen molar-refractivity contribution in [3.8, 4) is 0 Å². The molecule has 0 spiro atoms. The van der Waals surface area contributed by atoms with Crippen LogP contribution in [0.2, 0.25) is 0 Å². The molecule has 0 nitrogen and oxygen atoms in total. The Morgan fingerprint density at radius 1 is 0.750 bits per heavy atom. The second-order valence-electron chi connectivity index (χ2n) is 4.28. The molecule has 0 aliphatic carbocycles. The average Bonchev–Trinajstić information content (AvgIpc) is 2.31. The van der Waals surface area contributed by atoms with Crippen molar-refractivity contribution in [3.05, 3.63) is 37.5 Å². The summed E-state index contributed by atoms with van der Waals surface area (Å²) < 4.78 is 0. The van der Waals surface area contributed by atoms with E-state index in [1.54, 1.807) is 6.08 Å². The third kappa shape index (κ3) is 13.2. The van der Waals surface area contributed by atoms with Gasteiger partial charge >= 0.3 is 0 Å². The van der Waals surface area contributed by atoms with Gasteiger partial charge in [-0.25, -0.2) is 0 Å². The van der Waals surface area contributed by atoms with E-state index in [-0.39, 0.29) is 0 Å². The van der Waals surface area contributed by atoms with E-state index in [1.165, 1.54) is 57.8 Å². The van der Waals surface area contributed by atoms with Crippen molar-refractivity contribution < 1.29 is 0 Å². The zero-order chi connectivity index (χ0) is 11.9. The molecule has 0 aliphatic heterocycles. The molecule has 0 heterocycles. The summed E-state index contributed by atoms with van der Waals surface area (Å²) in [4.78, 5) is 0. The van der Waals surface area contributed by atoms with Crippen LogP contribution in [0.25, 0.3) is 0 Å². The number of rotatable bonds is 12. The summed E-state index contributed by atoms with van der Waals surface area (Å²) in [7, 11) is 0. The van der Waals surface area contributed by atoms with E-state index >= 15 is 0 Å². The first-order valence-corrected chi connectivity index (χ1v) is 6.71. The van der Waals surface area contributed by atoms with Crippen LogP contribution in [0.15, 0.2) is 30.9 Å². The van der Waals surface area contributed by atoms with Crippen LogP contribution < -0.4 is 0 Å². The molecule has 0 saturated carbocycles. The largest absolute Gasteiger partial charge is 0.103 e. The van der Waals surface area contributed by atoms with Crippen molar-refractivity contribution in [2.24, 2.45) is 0 Å². The van der Waals surface area contributed by atoms with Gasteiger partial charge in [-0.15, -0.1) is 6.58 Å². The summed E-state index contributed by atoms with van der Waals surface area (Å²) in [5.41, 5.74) is 0. The third-order valence-corrected chi connectivity index (χ3v) is 2.72. The van der Waals surface area contributed by atoms with E-state index in [9.17, 15) is 0 Å². The maximum Gasteiger partial charge on any atom is -0.0166 e. The molecular weight excluding hydrogens is 192 g/mol. The molecule has 0 unspecified atom stereocenters. The van der Waals surface area contributed by atoms with Gasteiger partial charge in [-0.1, -0.05) is 63.0 Å². The molecular formula is C16H27. The third-order valence-electron chi connectivity index (χ3n) is 2.72. The Hall–Kier alpha value is -0.780. The van der Waals surface area contributed by atoms with Gasteiger partial charge in [0.15, 0.2) is 0 Å². The van der Waals surface area contributed by atoms with Gasteiger partial charge in [0.05, 0.1) is 0 Å². The molecule has 0 fully saturated rings. The Labute approximate surface area is 102 Å². The van der Waals surface area contributed by atoms with Crippen molar-refractivity contribution in [1.82, 2.24) is 0 Å². The van der Waals surface area contributed by atoms with Crippen molar-refractivity contribution >= 4 is 0 Å². The highest BCUT2D eigenvalue weighted by atomic mass is 14.0. The van der Waals surface area contributed by atoms with Gasteiger partial charge in [0.1, 0.15) is 0 Å². The van der Waals surface area contributed by atoms with Crippen LogP contribution >= 0.6 is 0 Å². The molecule has 0 aromatic carbocycles. The van der Waals surface area contributed by atoms with Crippen LogP contribution in [0.3, 0.4) is 0 Å². The first-order valence-electron chi connectivity index (χ1n) is 6.71. The van der Waals surface area contributed by atoms with Crippen LogP contribution in [0.4, 0.5) is 0 Å². The summed E-state index contributed by atoms with van der Waals surface area (Å²) in [5.74, 6) is 0. The van der Waals surface area contributed by atoms with Gasteiger partial charge in [-0.3, -0.25) is 0 Å². The van der Waals surface area contributed by atoms with E-state index in [2.05, 4.69) is 18.7 Å². The molecule has 0 atom stereocenters. The fraction of sp³-hybridized carbons (Fsp3) is 0.625. The fourth-order valence-electron chi connectivity index (χ4n) is 1.73. The zero-order valence-electron chi connectivity index (χ0n) is 10.7. The van der Waals surface area contributed by atoms with Crippen LogP contribution in [0.1, 0.15) is 64.2 Å². The number of allylic oxidation sites excluding steroid dienone is 4. The lowest BCUT2D eigenvalue weighted by Crippen LogP contribution is -1.80. The summed E-state index contributed by atoms with van der Waals surface area (Å²) in [6.07, 6.45) is 21.0. The average molecular weight is 219 g/mol. The molecule has 1 radical (unpaired) electrons. The normalized spacial score (nSPS) is 10.8. The van der Waals surface area contributed by atoms with Crippen LogP contribution in [0, 0.1) is 6.58 Å². The topological polar surface area (TPSA) is 0 Å². The van der Waals surface area contributed by atoms with Gasteiger partial charge in [-0.2, -0.15) is 0 Å². The number of hydrogen-bond acceptors (Lipinski definition) is 0. The predicted octanol–water partition coefficient (Wildman–Crippen LogP) is 5.62. The molecule has 0 saturated heterocycles. The van der Waals surface area contributed by atoms with Crippen molar-refractivity contribution in [2.45, 2.75) is 64.2 Å². The van der Waals surface area contributed by atoms with Gasteiger partial charge in [-0.05, 0) is 32.1 Å². The molecule has 0 N–H and O–H groups in total. The highest BCUT2D eigenvalue weighted by molar-refractivity contribution is 4.86. The summed E-state index contributed by atoms with van der Waals surface area (Å²) >= 11 is 0. The molecule has 16 heavy (non-hydrogen) atoms. The smallest absolute Gasteiger partial charge is 0.0166 e. The van der Waals surface area contributed by atoms with E-state index in [0.717, 1.165) is 6.42 Å². The Balaban J connectivity index is 2.98. The Morgan fingerprint density at radius 3 is 1.88 bits per heavy atom. The van der Waals surface area contributed by atoms with E-state index in [0.29, 0.717) is 0 Å². The minimum atomic E-state index is 0.906. The number of hydrogen-bond donors (Lipinski definition) is 0. The SMILES string of the molecule is [CH]=CCC=CCCCCCCCCCC=C. The number of unbranched alkanes of at least 4 members (excludes halogenated alkanes) is 8. The first-order chi connectivity index (χ1) is 7.91. The minimum Gasteiger partial charge on any atom is -0.103 e. The molecule has 0 rings (SSSR count). The van der Waals surface area contributed by atoms with Gasteiger partial charge in [0, 0.05) is 0 Å². The summed E-state index contributed by atoms with van der Waals surface area (Å²) in [6.45, 7) is 9.01. The Morgan fingerprint density at radius 2 is 1.31 bits per heavy atom. The van der Waals surface area contributed by atoms with Crippen molar-refractivity contribution in [1.29, 1.82) is 0 Å². The van der Waals surface area contributed by atoms with E-state index in [1.807, 2.05) is 6.08 Å². The predicted molar refractivity (Wildman–Crippen MR) is 74.4 cm³/mol. The fourth-order valence-corrected chi connectivity index (χ4v) is 1.73. The summed E-state index contributed by atoms with van der Waals surface area (Å²) in [6, 6.07) is 0. The Bertz CT molecular complexity index is 176. The maximum atomic E-state index is 5.28. The van der Waals surface area contributed by atoms with E-state index in [4.69, 9.17) is 6.58 Å². The standard InChI is InChI=1S/C16H27/c1-3-5-7-9-11-13-15-16-14-12-10-8-6-4-2/h1,3-4,7,9H,2,5-6,8,10-16H2. The minimum absolute atomic E-state index is 0.906. The molecule has 0 aromatic heterocycles.